The molecule has 0 bridgehead atoms. The molecule has 0 aliphatic carbocycles. The maximum Gasteiger partial charge on any atom is 0.330 e. The van der Waals surface area contributed by atoms with E-state index < -0.39 is 5.97 Å². The lowest BCUT2D eigenvalue weighted by atomic mass is 10.6. The molecule has 0 aromatic carbocycles. The Morgan fingerprint density at radius 2 is 2.44 bits per heavy atom. The van der Waals surface area contributed by atoms with Crippen molar-refractivity contribution < 1.29 is 9.53 Å². The second-order valence-electron chi connectivity index (χ2n) is 1.20. The Morgan fingerprint density at radius 1 is 1.78 bits per heavy atom. The number of ether oxygens (including phenoxy) is 1. The SMILES string of the molecule is C=CC(=O)OC/C=C\Cl. The summed E-state index contributed by atoms with van der Waals surface area (Å²) in [4.78, 5) is 10.3. The first kappa shape index (κ1) is 8.24. The van der Waals surface area contributed by atoms with Gasteiger partial charge in [0.1, 0.15) is 6.61 Å². The second kappa shape index (κ2) is 5.38. The van der Waals surface area contributed by atoms with Crippen LogP contribution in [-0.4, -0.2) is 12.6 Å². The van der Waals surface area contributed by atoms with Crippen LogP contribution in [0.4, 0.5) is 0 Å². The van der Waals surface area contributed by atoms with Crippen LogP contribution in [0.5, 0.6) is 0 Å². The van der Waals surface area contributed by atoms with Crippen LogP contribution in [0, 0.1) is 0 Å². The number of hydrogen-bond acceptors (Lipinski definition) is 2. The average Bonchev–Trinajstić information content (AvgIpc) is 1.89. The standard InChI is InChI=1S/C6H7ClO2/c1-2-6(8)9-5-3-4-7/h2-4H,1,5H2/b4-3-. The Bertz CT molecular complexity index is 129. The van der Waals surface area contributed by atoms with E-state index in [4.69, 9.17) is 11.6 Å². The lowest BCUT2D eigenvalue weighted by Crippen LogP contribution is -1.98. The number of esters is 1. The predicted octanol–water partition coefficient (Wildman–Crippen LogP) is 1.47. The van der Waals surface area contributed by atoms with Crippen molar-refractivity contribution in [3.8, 4) is 0 Å². The van der Waals surface area contributed by atoms with Gasteiger partial charge in [0, 0.05) is 11.6 Å². The monoisotopic (exact) mass is 146 g/mol. The predicted molar refractivity (Wildman–Crippen MR) is 36.1 cm³/mol. The van der Waals surface area contributed by atoms with Crippen molar-refractivity contribution in [2.24, 2.45) is 0 Å². The van der Waals surface area contributed by atoms with Gasteiger partial charge in [-0.3, -0.25) is 0 Å². The van der Waals surface area contributed by atoms with Gasteiger partial charge in [0.2, 0.25) is 0 Å². The molecule has 3 heteroatoms. The number of carbonyl (C=O) groups is 1. The molecular formula is C6H7ClO2. The molecule has 0 radical (unpaired) electrons. The van der Waals surface area contributed by atoms with Gasteiger partial charge in [-0.2, -0.15) is 0 Å². The number of hydrogen-bond donors (Lipinski definition) is 0. The minimum atomic E-state index is -0.440. The van der Waals surface area contributed by atoms with Crippen molar-refractivity contribution in [3.63, 3.8) is 0 Å². The molecule has 0 fully saturated rings. The summed E-state index contributed by atoms with van der Waals surface area (Å²) < 4.78 is 4.50. The molecule has 0 aliphatic heterocycles. The number of rotatable bonds is 3. The highest BCUT2D eigenvalue weighted by Crippen LogP contribution is 1.82. The summed E-state index contributed by atoms with van der Waals surface area (Å²) in [5, 5.41) is 0. The van der Waals surface area contributed by atoms with E-state index >= 15 is 0 Å². The smallest absolute Gasteiger partial charge is 0.330 e. The van der Waals surface area contributed by atoms with E-state index in [1.165, 1.54) is 11.6 Å². The Labute approximate surface area is 58.8 Å². The summed E-state index contributed by atoms with van der Waals surface area (Å²) in [6.07, 6.45) is 2.62. The van der Waals surface area contributed by atoms with E-state index in [9.17, 15) is 4.79 Å². The van der Waals surface area contributed by atoms with Crippen LogP contribution < -0.4 is 0 Å². The van der Waals surface area contributed by atoms with Crippen LogP contribution in [0.15, 0.2) is 24.3 Å². The largest absolute Gasteiger partial charge is 0.458 e. The summed E-state index contributed by atoms with van der Waals surface area (Å²) in [6, 6.07) is 0. The summed E-state index contributed by atoms with van der Waals surface area (Å²) >= 11 is 5.13. The minimum Gasteiger partial charge on any atom is -0.458 e. The van der Waals surface area contributed by atoms with Gasteiger partial charge in [0.15, 0.2) is 0 Å². The van der Waals surface area contributed by atoms with Crippen LogP contribution in [0.25, 0.3) is 0 Å². The molecule has 50 valence electrons. The lowest BCUT2D eigenvalue weighted by Gasteiger charge is -1.92. The third kappa shape index (κ3) is 5.11. The molecule has 0 saturated carbocycles. The number of carbonyl (C=O) groups excluding carboxylic acids is 1. The van der Waals surface area contributed by atoms with Crippen molar-refractivity contribution in [1.82, 2.24) is 0 Å². The zero-order valence-corrected chi connectivity index (χ0v) is 5.60. The molecule has 0 N–H and O–H groups in total. The molecule has 2 nitrogen and oxygen atoms in total. The van der Waals surface area contributed by atoms with Crippen molar-refractivity contribution in [2.75, 3.05) is 6.61 Å². The van der Waals surface area contributed by atoms with Gasteiger partial charge < -0.3 is 4.74 Å². The molecule has 0 amide bonds. The Hall–Kier alpha value is -0.760. The summed E-state index contributed by atoms with van der Waals surface area (Å²) in [5.41, 5.74) is 1.29. The zero-order valence-electron chi connectivity index (χ0n) is 4.84. The van der Waals surface area contributed by atoms with Gasteiger partial charge in [-0.1, -0.05) is 18.2 Å². The molecule has 0 unspecified atom stereocenters. The van der Waals surface area contributed by atoms with Crippen LogP contribution in [0.3, 0.4) is 0 Å². The van der Waals surface area contributed by atoms with Crippen molar-refractivity contribution in [2.45, 2.75) is 0 Å². The maximum atomic E-state index is 10.3. The summed E-state index contributed by atoms with van der Waals surface area (Å²) in [6.45, 7) is 3.41. The summed E-state index contributed by atoms with van der Waals surface area (Å²) in [7, 11) is 0. The molecule has 0 rings (SSSR count). The Balaban J connectivity index is 3.27. The van der Waals surface area contributed by atoms with Crippen LogP contribution in [-0.2, 0) is 9.53 Å². The molecule has 0 atom stereocenters. The van der Waals surface area contributed by atoms with E-state index in [-0.39, 0.29) is 6.61 Å². The fourth-order valence-corrected chi connectivity index (χ4v) is 0.298. The van der Waals surface area contributed by atoms with E-state index in [0.29, 0.717) is 0 Å². The fourth-order valence-electron chi connectivity index (χ4n) is 0.226. The van der Waals surface area contributed by atoms with Gasteiger partial charge in [-0.15, -0.1) is 0 Å². The van der Waals surface area contributed by atoms with Gasteiger partial charge in [0.25, 0.3) is 0 Å². The van der Waals surface area contributed by atoms with Gasteiger partial charge in [-0.25, -0.2) is 4.79 Å². The van der Waals surface area contributed by atoms with E-state index in [1.807, 2.05) is 0 Å². The lowest BCUT2D eigenvalue weighted by molar-refractivity contribution is -0.136. The molecule has 0 aromatic heterocycles. The number of halogens is 1. The molecule has 0 spiro atoms. The van der Waals surface area contributed by atoms with Crippen LogP contribution in [0.1, 0.15) is 0 Å². The quantitative estimate of drug-likeness (QED) is 0.445. The van der Waals surface area contributed by atoms with Gasteiger partial charge in [0.05, 0.1) is 0 Å². The van der Waals surface area contributed by atoms with Crippen molar-refractivity contribution in [3.05, 3.63) is 24.3 Å². The third-order valence-electron chi connectivity index (χ3n) is 0.578. The van der Waals surface area contributed by atoms with Gasteiger partial charge >= 0.3 is 5.97 Å². The molecule has 0 saturated heterocycles. The molecular weight excluding hydrogens is 140 g/mol. The Kier molecular flexibility index (Phi) is 4.92. The summed E-state index contributed by atoms with van der Waals surface area (Å²) in [5.74, 6) is -0.440. The highest BCUT2D eigenvalue weighted by atomic mass is 35.5. The molecule has 0 heterocycles. The first-order valence-electron chi connectivity index (χ1n) is 2.35. The van der Waals surface area contributed by atoms with Crippen molar-refractivity contribution >= 4 is 17.6 Å². The zero-order chi connectivity index (χ0) is 7.11. The van der Waals surface area contributed by atoms with Crippen LogP contribution in [0.2, 0.25) is 0 Å². The maximum absolute atomic E-state index is 10.3. The molecule has 0 aromatic rings. The highest BCUT2D eigenvalue weighted by Gasteiger charge is 1.88. The molecule has 0 aliphatic rings. The van der Waals surface area contributed by atoms with Gasteiger partial charge in [-0.05, 0) is 6.08 Å². The van der Waals surface area contributed by atoms with Crippen molar-refractivity contribution in [1.29, 1.82) is 0 Å². The minimum absolute atomic E-state index is 0.203. The average molecular weight is 147 g/mol. The van der Waals surface area contributed by atoms with Crippen LogP contribution >= 0.6 is 11.6 Å². The van der Waals surface area contributed by atoms with E-state index in [2.05, 4.69) is 11.3 Å². The van der Waals surface area contributed by atoms with E-state index in [0.717, 1.165) is 6.08 Å². The third-order valence-corrected chi connectivity index (χ3v) is 0.756. The Morgan fingerprint density at radius 3 is 2.89 bits per heavy atom. The highest BCUT2D eigenvalue weighted by molar-refractivity contribution is 6.25. The second-order valence-corrected chi connectivity index (χ2v) is 1.45. The normalized spacial score (nSPS) is 9.44. The van der Waals surface area contributed by atoms with E-state index in [1.54, 1.807) is 0 Å². The first-order valence-corrected chi connectivity index (χ1v) is 2.79. The fraction of sp³-hybridized carbons (Fsp3) is 0.167. The topological polar surface area (TPSA) is 26.3 Å². The first-order chi connectivity index (χ1) is 4.31. The molecule has 9 heavy (non-hydrogen) atoms.